The van der Waals surface area contributed by atoms with E-state index in [1.54, 1.807) is 0 Å². The number of hydrogen-bond acceptors (Lipinski definition) is 2. The summed E-state index contributed by atoms with van der Waals surface area (Å²) in [6.45, 7) is 2.77. The molecule has 0 aliphatic carbocycles. The van der Waals surface area contributed by atoms with Crippen LogP contribution >= 0.6 is 0 Å². The van der Waals surface area contributed by atoms with Crippen LogP contribution in [0, 0.1) is 6.92 Å². The molecule has 0 amide bonds. The Kier molecular flexibility index (Phi) is 6.08. The van der Waals surface area contributed by atoms with E-state index >= 15 is 0 Å². The van der Waals surface area contributed by atoms with Crippen LogP contribution in [-0.4, -0.2) is 22.1 Å². The van der Waals surface area contributed by atoms with E-state index in [4.69, 9.17) is 0 Å². The zero-order chi connectivity index (χ0) is 16.7. The predicted octanol–water partition coefficient (Wildman–Crippen LogP) is 2.84. The Labute approximate surface area is 134 Å². The van der Waals surface area contributed by atoms with Crippen LogP contribution in [0.25, 0.3) is 0 Å². The second-order valence-corrected chi connectivity index (χ2v) is 5.00. The molecule has 0 fully saturated rings. The summed E-state index contributed by atoms with van der Waals surface area (Å²) in [6, 6.07) is 8.00. The van der Waals surface area contributed by atoms with Crippen LogP contribution in [0.1, 0.15) is 30.4 Å². The second-order valence-electron chi connectivity index (χ2n) is 5.00. The van der Waals surface area contributed by atoms with Gasteiger partial charge in [0.25, 0.3) is 0 Å². The fourth-order valence-electron chi connectivity index (χ4n) is 2.11. The van der Waals surface area contributed by atoms with Crippen LogP contribution in [-0.2, 0) is 13.1 Å². The first-order chi connectivity index (χ1) is 11.1. The summed E-state index contributed by atoms with van der Waals surface area (Å²) < 4.78 is 26.4. The van der Waals surface area contributed by atoms with Crippen LogP contribution in [0.15, 0.2) is 41.7 Å². The number of aryl methyl sites for hydroxylation is 1. The Balaban J connectivity index is 2.02. The van der Waals surface area contributed by atoms with Crippen LogP contribution in [0.5, 0.6) is 0 Å². The van der Waals surface area contributed by atoms with Gasteiger partial charge in [-0.1, -0.05) is 24.3 Å². The van der Waals surface area contributed by atoms with Gasteiger partial charge in [0.15, 0.2) is 5.96 Å². The summed E-state index contributed by atoms with van der Waals surface area (Å²) >= 11 is 0. The van der Waals surface area contributed by atoms with Crippen molar-refractivity contribution in [2.75, 3.05) is 6.54 Å². The van der Waals surface area contributed by atoms with Gasteiger partial charge in [0, 0.05) is 18.9 Å². The Morgan fingerprint density at radius 3 is 2.78 bits per heavy atom. The molecule has 2 aromatic rings. The van der Waals surface area contributed by atoms with Crippen molar-refractivity contribution in [3.8, 4) is 0 Å². The summed E-state index contributed by atoms with van der Waals surface area (Å²) in [6.07, 6.45) is 2.62. The molecular formula is C16H21F2N5. The molecule has 1 heterocycles. The zero-order valence-corrected chi connectivity index (χ0v) is 13.3. The van der Waals surface area contributed by atoms with Crippen LogP contribution in [0.4, 0.5) is 8.78 Å². The van der Waals surface area contributed by atoms with E-state index in [1.807, 2.05) is 38.1 Å². The Morgan fingerprint density at radius 1 is 1.30 bits per heavy atom. The first-order valence-corrected chi connectivity index (χ1v) is 7.48. The van der Waals surface area contributed by atoms with Gasteiger partial charge in [0.05, 0.1) is 13.1 Å². The van der Waals surface area contributed by atoms with E-state index in [2.05, 4.69) is 20.6 Å². The lowest BCUT2D eigenvalue weighted by Crippen LogP contribution is -2.37. The summed E-state index contributed by atoms with van der Waals surface area (Å²) in [4.78, 5) is 8.43. The van der Waals surface area contributed by atoms with Gasteiger partial charge in [-0.2, -0.15) is 8.78 Å². The second kappa shape index (κ2) is 8.26. The maximum atomic E-state index is 12.8. The third-order valence-corrected chi connectivity index (χ3v) is 3.39. The van der Waals surface area contributed by atoms with E-state index in [0.29, 0.717) is 19.0 Å². The minimum Gasteiger partial charge on any atom is -0.357 e. The maximum Gasteiger partial charge on any atom is 0.319 e. The van der Waals surface area contributed by atoms with Crippen molar-refractivity contribution >= 4 is 5.96 Å². The first kappa shape index (κ1) is 16.9. The van der Waals surface area contributed by atoms with Crippen molar-refractivity contribution < 1.29 is 8.78 Å². The number of guanidine groups is 1. The van der Waals surface area contributed by atoms with Crippen LogP contribution in [0.3, 0.4) is 0 Å². The predicted molar refractivity (Wildman–Crippen MR) is 86.3 cm³/mol. The van der Waals surface area contributed by atoms with Gasteiger partial charge in [-0.05, 0) is 25.0 Å². The number of rotatable bonds is 6. The molecule has 1 aromatic heterocycles. The highest BCUT2D eigenvalue weighted by Gasteiger charge is 2.11. The van der Waals surface area contributed by atoms with E-state index in [-0.39, 0.29) is 12.4 Å². The van der Waals surface area contributed by atoms with E-state index in [9.17, 15) is 8.78 Å². The van der Waals surface area contributed by atoms with E-state index in [1.165, 1.54) is 18.0 Å². The summed E-state index contributed by atoms with van der Waals surface area (Å²) in [5.74, 6) is 0.834. The number of hydrogen-bond donors (Lipinski definition) is 2. The number of alkyl halides is 2. The summed E-state index contributed by atoms with van der Waals surface area (Å²) in [5.41, 5.74) is 2.29. The minimum absolute atomic E-state index is 0.178. The number of benzene rings is 1. The fourth-order valence-corrected chi connectivity index (χ4v) is 2.11. The SMILES string of the molecule is CCNC(=NCc1ccccc1C)NCc1nccn1C(F)F. The van der Waals surface area contributed by atoms with Gasteiger partial charge in [-0.3, -0.25) is 4.57 Å². The topological polar surface area (TPSA) is 54.2 Å². The highest BCUT2D eigenvalue weighted by molar-refractivity contribution is 5.79. The van der Waals surface area contributed by atoms with Gasteiger partial charge >= 0.3 is 6.55 Å². The smallest absolute Gasteiger partial charge is 0.319 e. The lowest BCUT2D eigenvalue weighted by molar-refractivity contribution is 0.0668. The molecule has 0 aliphatic heterocycles. The van der Waals surface area contributed by atoms with Crippen LogP contribution < -0.4 is 10.6 Å². The lowest BCUT2D eigenvalue weighted by atomic mass is 10.1. The van der Waals surface area contributed by atoms with Crippen LogP contribution in [0.2, 0.25) is 0 Å². The molecule has 5 nitrogen and oxygen atoms in total. The Bertz CT molecular complexity index is 651. The molecule has 0 aliphatic rings. The average Bonchev–Trinajstić information content (AvgIpc) is 3.00. The molecule has 0 saturated heterocycles. The molecule has 0 radical (unpaired) electrons. The normalized spacial score (nSPS) is 11.8. The van der Waals surface area contributed by atoms with Crippen molar-refractivity contribution in [3.63, 3.8) is 0 Å². The number of imidazole rings is 1. The highest BCUT2D eigenvalue weighted by Crippen LogP contribution is 2.12. The average molecular weight is 321 g/mol. The third-order valence-electron chi connectivity index (χ3n) is 3.39. The number of halogens is 2. The van der Waals surface area contributed by atoms with Crippen molar-refractivity contribution in [2.24, 2.45) is 4.99 Å². The molecule has 0 spiro atoms. The number of aliphatic imine (C=N–C) groups is 1. The minimum atomic E-state index is -2.60. The molecule has 0 bridgehead atoms. The lowest BCUT2D eigenvalue weighted by Gasteiger charge is -2.12. The molecule has 0 atom stereocenters. The first-order valence-electron chi connectivity index (χ1n) is 7.48. The molecule has 7 heteroatoms. The van der Waals surface area contributed by atoms with Gasteiger partial charge in [-0.25, -0.2) is 9.98 Å². The molecule has 124 valence electrons. The number of nitrogens with one attached hydrogen (secondary N) is 2. The summed E-state index contributed by atoms with van der Waals surface area (Å²) in [5, 5.41) is 6.13. The number of nitrogens with zero attached hydrogens (tertiary/aromatic N) is 3. The van der Waals surface area contributed by atoms with Gasteiger partial charge in [-0.15, -0.1) is 0 Å². The monoisotopic (exact) mass is 321 g/mol. The molecule has 0 saturated carbocycles. The molecule has 2 N–H and O–H groups in total. The third kappa shape index (κ3) is 4.77. The van der Waals surface area contributed by atoms with E-state index < -0.39 is 6.55 Å². The number of aromatic nitrogens is 2. The molecule has 0 unspecified atom stereocenters. The molecule has 1 aromatic carbocycles. The van der Waals surface area contributed by atoms with Crippen molar-refractivity contribution in [1.82, 2.24) is 20.2 Å². The van der Waals surface area contributed by atoms with Gasteiger partial charge < -0.3 is 10.6 Å². The fraction of sp³-hybridized carbons (Fsp3) is 0.375. The Hall–Kier alpha value is -2.44. The van der Waals surface area contributed by atoms with E-state index in [0.717, 1.165) is 10.1 Å². The zero-order valence-electron chi connectivity index (χ0n) is 13.3. The maximum absolute atomic E-state index is 12.8. The molecular weight excluding hydrogens is 300 g/mol. The highest BCUT2D eigenvalue weighted by atomic mass is 19.3. The standard InChI is InChI=1S/C16H21F2N5/c1-3-19-16(21-10-13-7-5-4-6-12(13)2)22-11-14-20-8-9-23(14)15(17)18/h4-9,15H,3,10-11H2,1-2H3,(H2,19,21,22). The molecule has 2 rings (SSSR count). The molecule has 23 heavy (non-hydrogen) atoms. The van der Waals surface area contributed by atoms with Gasteiger partial charge in [0.2, 0.25) is 0 Å². The van der Waals surface area contributed by atoms with Crippen molar-refractivity contribution in [1.29, 1.82) is 0 Å². The summed E-state index contributed by atoms with van der Waals surface area (Å²) in [7, 11) is 0. The van der Waals surface area contributed by atoms with Crippen molar-refractivity contribution in [2.45, 2.75) is 33.5 Å². The van der Waals surface area contributed by atoms with Gasteiger partial charge in [0.1, 0.15) is 5.82 Å². The Morgan fingerprint density at radius 2 is 2.09 bits per heavy atom. The van der Waals surface area contributed by atoms with Crippen molar-refractivity contribution in [3.05, 3.63) is 53.6 Å². The quantitative estimate of drug-likeness (QED) is 0.635. The largest absolute Gasteiger partial charge is 0.357 e.